The summed E-state index contributed by atoms with van der Waals surface area (Å²) in [5.41, 5.74) is 6.52. The molecule has 21 heavy (non-hydrogen) atoms. The second-order valence-electron chi connectivity index (χ2n) is 5.39. The lowest BCUT2D eigenvalue weighted by Gasteiger charge is -2.34. The predicted molar refractivity (Wildman–Crippen MR) is 86.3 cm³/mol. The van der Waals surface area contributed by atoms with Crippen LogP contribution in [-0.4, -0.2) is 37.7 Å². The van der Waals surface area contributed by atoms with Crippen molar-refractivity contribution in [1.82, 2.24) is 4.90 Å². The molecule has 0 aliphatic carbocycles. The van der Waals surface area contributed by atoms with Crippen LogP contribution in [-0.2, 0) is 10.3 Å². The molecule has 1 atom stereocenters. The van der Waals surface area contributed by atoms with Crippen molar-refractivity contribution in [3.05, 3.63) is 34.5 Å². The zero-order valence-corrected chi connectivity index (χ0v) is 13.7. The second kappa shape index (κ2) is 5.35. The molecule has 1 aliphatic heterocycles. The Balaban J connectivity index is 1.99. The number of furan rings is 1. The summed E-state index contributed by atoms with van der Waals surface area (Å²) in [6.07, 6.45) is 0. The van der Waals surface area contributed by atoms with Crippen LogP contribution < -0.4 is 5.73 Å². The van der Waals surface area contributed by atoms with Crippen molar-refractivity contribution < 1.29 is 9.15 Å². The highest BCUT2D eigenvalue weighted by Crippen LogP contribution is 2.36. The van der Waals surface area contributed by atoms with E-state index in [1.807, 2.05) is 23.1 Å². The Hall–Kier alpha value is -1.53. The van der Waals surface area contributed by atoms with Crippen LogP contribution in [0.4, 0.5) is 0 Å². The van der Waals surface area contributed by atoms with Gasteiger partial charge in [0.2, 0.25) is 0 Å². The number of rotatable bonds is 4. The summed E-state index contributed by atoms with van der Waals surface area (Å²) < 4.78 is 12.2. The van der Waals surface area contributed by atoms with E-state index in [2.05, 4.69) is 33.9 Å². The van der Waals surface area contributed by atoms with Crippen LogP contribution in [0, 0.1) is 0 Å². The maximum absolute atomic E-state index is 6.04. The summed E-state index contributed by atoms with van der Waals surface area (Å²) in [6, 6.07) is 8.05. The number of guanidine groups is 1. The molecule has 1 unspecified atom stereocenters. The predicted octanol–water partition coefficient (Wildman–Crippen LogP) is 2.69. The summed E-state index contributed by atoms with van der Waals surface area (Å²) in [5, 5.41) is 1.07. The van der Waals surface area contributed by atoms with Gasteiger partial charge < -0.3 is 19.8 Å². The van der Waals surface area contributed by atoms with Gasteiger partial charge in [-0.2, -0.15) is 0 Å². The van der Waals surface area contributed by atoms with Gasteiger partial charge in [-0.25, -0.2) is 0 Å². The normalized spacial score (nSPS) is 22.0. The summed E-state index contributed by atoms with van der Waals surface area (Å²) in [7, 11) is 1.68. The van der Waals surface area contributed by atoms with E-state index in [0.29, 0.717) is 25.7 Å². The maximum Gasteiger partial charge on any atom is 0.192 e. The van der Waals surface area contributed by atoms with Gasteiger partial charge in [-0.3, -0.25) is 4.99 Å². The van der Waals surface area contributed by atoms with E-state index in [-0.39, 0.29) is 5.54 Å². The summed E-state index contributed by atoms with van der Waals surface area (Å²) in [4.78, 5) is 6.43. The monoisotopic (exact) mass is 351 g/mol. The first-order valence-electron chi connectivity index (χ1n) is 6.81. The fourth-order valence-electron chi connectivity index (χ4n) is 2.69. The van der Waals surface area contributed by atoms with E-state index in [0.717, 1.165) is 21.2 Å². The molecule has 1 aromatic heterocycles. The molecule has 0 saturated heterocycles. The van der Waals surface area contributed by atoms with Gasteiger partial charge in [-0.05, 0) is 31.2 Å². The molecule has 0 radical (unpaired) electrons. The number of nitrogens with zero attached hydrogens (tertiary/aromatic N) is 2. The number of fused-ring (bicyclic) bond motifs is 1. The van der Waals surface area contributed by atoms with Crippen LogP contribution in [0.15, 0.2) is 38.1 Å². The molecule has 0 spiro atoms. The van der Waals surface area contributed by atoms with Gasteiger partial charge in [-0.15, -0.1) is 0 Å². The van der Waals surface area contributed by atoms with Gasteiger partial charge in [0.1, 0.15) is 16.9 Å². The molecule has 3 rings (SSSR count). The molecule has 1 aromatic carbocycles. The number of aliphatic imine (C=N–C) groups is 1. The standard InChI is InChI=1S/C15H18BrN3O2/c1-15(9-18-14(17)19(15)5-6-20-2)13-8-10-7-11(16)3-4-12(10)21-13/h3-4,7-8H,5-6,9H2,1-2H3,(H2,17,18). The molecule has 5 nitrogen and oxygen atoms in total. The first-order chi connectivity index (χ1) is 10.0. The third kappa shape index (κ3) is 2.42. The Morgan fingerprint density at radius 2 is 2.29 bits per heavy atom. The summed E-state index contributed by atoms with van der Waals surface area (Å²) in [6.45, 7) is 3.96. The van der Waals surface area contributed by atoms with E-state index >= 15 is 0 Å². The van der Waals surface area contributed by atoms with Crippen molar-refractivity contribution in [2.75, 3.05) is 26.8 Å². The number of ether oxygens (including phenoxy) is 1. The van der Waals surface area contributed by atoms with E-state index in [4.69, 9.17) is 14.9 Å². The molecule has 6 heteroatoms. The van der Waals surface area contributed by atoms with Crippen molar-refractivity contribution >= 4 is 32.9 Å². The van der Waals surface area contributed by atoms with E-state index in [1.165, 1.54) is 0 Å². The third-order valence-corrected chi connectivity index (χ3v) is 4.44. The number of methoxy groups -OCH3 is 1. The molecule has 112 valence electrons. The SMILES string of the molecule is COCCN1C(N)=NCC1(C)c1cc2cc(Br)ccc2o1. The molecule has 2 N–H and O–H groups in total. The summed E-state index contributed by atoms with van der Waals surface area (Å²) in [5.74, 6) is 1.41. The lowest BCUT2D eigenvalue weighted by Crippen LogP contribution is -2.48. The number of benzene rings is 1. The average molecular weight is 352 g/mol. The van der Waals surface area contributed by atoms with Crippen molar-refractivity contribution in [2.45, 2.75) is 12.5 Å². The van der Waals surface area contributed by atoms with Crippen LogP contribution in [0.5, 0.6) is 0 Å². The molecule has 0 bridgehead atoms. The molecule has 2 aromatic rings. The molecule has 2 heterocycles. The minimum atomic E-state index is -0.367. The Morgan fingerprint density at radius 1 is 1.48 bits per heavy atom. The van der Waals surface area contributed by atoms with Crippen molar-refractivity contribution in [2.24, 2.45) is 10.7 Å². The highest BCUT2D eigenvalue weighted by atomic mass is 79.9. The lowest BCUT2D eigenvalue weighted by molar-refractivity contribution is 0.125. The zero-order valence-electron chi connectivity index (χ0n) is 12.1. The van der Waals surface area contributed by atoms with Crippen LogP contribution in [0.25, 0.3) is 11.0 Å². The first-order valence-corrected chi connectivity index (χ1v) is 7.60. The lowest BCUT2D eigenvalue weighted by atomic mass is 9.97. The molecular weight excluding hydrogens is 334 g/mol. The quantitative estimate of drug-likeness (QED) is 0.919. The summed E-state index contributed by atoms with van der Waals surface area (Å²) >= 11 is 3.48. The number of nitrogens with two attached hydrogens (primary N) is 1. The smallest absolute Gasteiger partial charge is 0.192 e. The Morgan fingerprint density at radius 3 is 3.05 bits per heavy atom. The van der Waals surface area contributed by atoms with Gasteiger partial charge >= 0.3 is 0 Å². The molecule has 0 amide bonds. The van der Waals surface area contributed by atoms with Gasteiger partial charge in [0.15, 0.2) is 5.96 Å². The van der Waals surface area contributed by atoms with E-state index in [9.17, 15) is 0 Å². The fourth-order valence-corrected chi connectivity index (χ4v) is 3.07. The Bertz CT molecular complexity index is 697. The van der Waals surface area contributed by atoms with Crippen LogP contribution in [0.3, 0.4) is 0 Å². The van der Waals surface area contributed by atoms with E-state index in [1.54, 1.807) is 7.11 Å². The third-order valence-electron chi connectivity index (χ3n) is 3.95. The minimum absolute atomic E-state index is 0.367. The second-order valence-corrected chi connectivity index (χ2v) is 6.30. The highest BCUT2D eigenvalue weighted by Gasteiger charge is 2.42. The highest BCUT2D eigenvalue weighted by molar-refractivity contribution is 9.10. The number of hydrogen-bond acceptors (Lipinski definition) is 5. The van der Waals surface area contributed by atoms with Gasteiger partial charge in [0.05, 0.1) is 13.2 Å². The largest absolute Gasteiger partial charge is 0.458 e. The fraction of sp³-hybridized carbons (Fsp3) is 0.400. The van der Waals surface area contributed by atoms with Crippen LogP contribution in [0.2, 0.25) is 0 Å². The van der Waals surface area contributed by atoms with Crippen LogP contribution >= 0.6 is 15.9 Å². The molecule has 1 aliphatic rings. The van der Waals surface area contributed by atoms with Gasteiger partial charge in [0.25, 0.3) is 0 Å². The van der Waals surface area contributed by atoms with Crippen molar-refractivity contribution in [3.63, 3.8) is 0 Å². The maximum atomic E-state index is 6.04. The number of halogens is 1. The topological polar surface area (TPSA) is 64.0 Å². The van der Waals surface area contributed by atoms with Crippen molar-refractivity contribution in [1.29, 1.82) is 0 Å². The Labute approximate surface area is 131 Å². The molecular formula is C15H18BrN3O2. The van der Waals surface area contributed by atoms with E-state index < -0.39 is 0 Å². The number of hydrogen-bond donors (Lipinski definition) is 1. The van der Waals surface area contributed by atoms with Crippen molar-refractivity contribution in [3.8, 4) is 0 Å². The first kappa shape index (κ1) is 14.4. The average Bonchev–Trinajstić information content (AvgIpc) is 3.00. The minimum Gasteiger partial charge on any atom is -0.458 e. The van der Waals surface area contributed by atoms with Gasteiger partial charge in [-0.1, -0.05) is 15.9 Å². The molecule has 0 fully saturated rings. The van der Waals surface area contributed by atoms with Gasteiger partial charge in [0, 0.05) is 23.5 Å². The molecule has 0 saturated carbocycles. The Kier molecular flexibility index (Phi) is 3.67. The zero-order chi connectivity index (χ0) is 15.0. The van der Waals surface area contributed by atoms with Crippen LogP contribution in [0.1, 0.15) is 12.7 Å².